The number of ether oxygens (including phenoxy) is 2. The van der Waals surface area contributed by atoms with E-state index in [1.54, 1.807) is 39.0 Å². The van der Waals surface area contributed by atoms with Gasteiger partial charge in [0.05, 0.1) is 24.3 Å². The average Bonchev–Trinajstić information content (AvgIpc) is 3.40. The molecule has 1 aliphatic carbocycles. The van der Waals surface area contributed by atoms with Crippen molar-refractivity contribution in [3.8, 4) is 5.75 Å². The van der Waals surface area contributed by atoms with Crippen LogP contribution in [0.1, 0.15) is 78.6 Å². The molecule has 0 radical (unpaired) electrons. The summed E-state index contributed by atoms with van der Waals surface area (Å²) >= 11 is 0. The van der Waals surface area contributed by atoms with Gasteiger partial charge in [-0.25, -0.2) is 9.52 Å². The van der Waals surface area contributed by atoms with E-state index in [1.807, 2.05) is 12.2 Å². The second-order valence-corrected chi connectivity index (χ2v) is 14.2. The molecule has 3 N–H and O–H groups in total. The molecule has 1 aromatic carbocycles. The first-order valence-electron chi connectivity index (χ1n) is 15.2. The van der Waals surface area contributed by atoms with Crippen molar-refractivity contribution in [2.24, 2.45) is 11.3 Å². The van der Waals surface area contributed by atoms with Gasteiger partial charge in [-0.2, -0.15) is 8.42 Å². The number of hydrogen-bond acceptors (Lipinski definition) is 8. The maximum Gasteiger partial charge on any atom is 0.408 e. The number of benzene rings is 1. The largest absolute Gasteiger partial charge is 0.495 e. The quantitative estimate of drug-likeness (QED) is 0.399. The van der Waals surface area contributed by atoms with Gasteiger partial charge < -0.3 is 19.7 Å². The lowest BCUT2D eigenvalue weighted by molar-refractivity contribution is -0.140. The van der Waals surface area contributed by atoms with E-state index in [4.69, 9.17) is 9.47 Å². The third-order valence-corrected chi connectivity index (χ3v) is 9.23. The monoisotopic (exact) mass is 632 g/mol. The lowest BCUT2D eigenvalue weighted by atomic mass is 9.91. The van der Waals surface area contributed by atoms with Gasteiger partial charge in [0.15, 0.2) is 5.78 Å². The third-order valence-electron chi connectivity index (χ3n) is 8.28. The van der Waals surface area contributed by atoms with Crippen LogP contribution in [-0.4, -0.2) is 68.3 Å². The molecule has 4 atom stereocenters. The molecule has 2 fully saturated rings. The van der Waals surface area contributed by atoms with Crippen LogP contribution in [0.3, 0.4) is 0 Å². The number of Topliss-reactive ketones (excluding diaryl/α,β-unsaturated/α-hetero) is 1. The van der Waals surface area contributed by atoms with Crippen molar-refractivity contribution >= 4 is 39.6 Å². The first kappa shape index (κ1) is 33.3. The van der Waals surface area contributed by atoms with Crippen molar-refractivity contribution in [1.82, 2.24) is 14.9 Å². The van der Waals surface area contributed by atoms with Crippen LogP contribution >= 0.6 is 0 Å². The SMILES string of the molecule is COc1ccccc1NS(=O)(=O)NC(=O)[C@]12CC(=O)[C@@H]3CCCN3C(=O)[C@@H](NC(=O)OC(C)(C)C)CCCCC/C=C\[C@@H]1C2. The first-order valence-corrected chi connectivity index (χ1v) is 16.7. The van der Waals surface area contributed by atoms with Gasteiger partial charge in [-0.05, 0) is 77.3 Å². The summed E-state index contributed by atoms with van der Waals surface area (Å²) in [5.74, 6) is -1.46. The normalized spacial score (nSPS) is 27.1. The van der Waals surface area contributed by atoms with Crippen LogP contribution in [0.15, 0.2) is 36.4 Å². The molecule has 44 heavy (non-hydrogen) atoms. The summed E-state index contributed by atoms with van der Waals surface area (Å²) in [6.45, 7) is 5.57. The number of allylic oxidation sites excluding steroid dienone is 2. The number of carbonyl (C=O) groups excluding carboxylic acids is 4. The summed E-state index contributed by atoms with van der Waals surface area (Å²) in [6, 6.07) is 4.79. The Morgan fingerprint density at radius 3 is 2.52 bits per heavy atom. The van der Waals surface area contributed by atoms with E-state index in [-0.39, 0.29) is 35.5 Å². The minimum atomic E-state index is -4.35. The van der Waals surface area contributed by atoms with E-state index in [9.17, 15) is 27.6 Å². The predicted octanol–water partition coefficient (Wildman–Crippen LogP) is 3.84. The third kappa shape index (κ3) is 8.30. The van der Waals surface area contributed by atoms with E-state index in [2.05, 4.69) is 14.8 Å². The molecule has 13 heteroatoms. The van der Waals surface area contributed by atoms with Crippen molar-refractivity contribution in [2.75, 3.05) is 18.4 Å². The van der Waals surface area contributed by atoms with Crippen molar-refractivity contribution < 1.29 is 37.1 Å². The lowest BCUT2D eigenvalue weighted by Crippen LogP contribution is -2.53. The molecule has 0 spiro atoms. The van der Waals surface area contributed by atoms with E-state index >= 15 is 0 Å². The maximum absolute atomic E-state index is 13.8. The number of ketones is 1. The van der Waals surface area contributed by atoms with Crippen LogP contribution in [0.5, 0.6) is 5.75 Å². The number of anilines is 1. The highest BCUT2D eigenvalue weighted by molar-refractivity contribution is 7.91. The van der Waals surface area contributed by atoms with Gasteiger partial charge in [0, 0.05) is 13.0 Å². The fourth-order valence-electron chi connectivity index (χ4n) is 6.00. The Balaban J connectivity index is 1.54. The van der Waals surface area contributed by atoms with Crippen LogP contribution in [0.25, 0.3) is 0 Å². The summed E-state index contributed by atoms with van der Waals surface area (Å²) in [6.07, 6.45) is 7.77. The second-order valence-electron chi connectivity index (χ2n) is 12.8. The van der Waals surface area contributed by atoms with Gasteiger partial charge in [0.1, 0.15) is 17.4 Å². The molecule has 1 aromatic rings. The number of nitrogens with one attached hydrogen (secondary N) is 3. The van der Waals surface area contributed by atoms with Gasteiger partial charge in [0.25, 0.3) is 0 Å². The molecule has 0 unspecified atom stereocenters. The molecule has 0 bridgehead atoms. The molecule has 4 rings (SSSR count). The molecule has 2 aliphatic heterocycles. The number of para-hydroxylation sites is 2. The van der Waals surface area contributed by atoms with E-state index in [0.717, 1.165) is 19.3 Å². The van der Waals surface area contributed by atoms with E-state index in [0.29, 0.717) is 38.6 Å². The molecular weight excluding hydrogens is 588 g/mol. The molecule has 2 heterocycles. The van der Waals surface area contributed by atoms with E-state index in [1.165, 1.54) is 18.1 Å². The number of alkyl carbamates (subject to hydrolysis) is 1. The number of rotatable bonds is 6. The zero-order valence-corrected chi connectivity index (χ0v) is 26.7. The van der Waals surface area contributed by atoms with Gasteiger partial charge in [-0.1, -0.05) is 37.1 Å². The number of methoxy groups -OCH3 is 1. The van der Waals surface area contributed by atoms with Gasteiger partial charge >= 0.3 is 16.3 Å². The van der Waals surface area contributed by atoms with Crippen molar-refractivity contribution in [3.05, 3.63) is 36.4 Å². The topological polar surface area (TPSA) is 160 Å². The molecule has 3 aliphatic rings. The Morgan fingerprint density at radius 2 is 1.80 bits per heavy atom. The fourth-order valence-corrected chi connectivity index (χ4v) is 6.96. The molecule has 0 aromatic heterocycles. The second kappa shape index (κ2) is 13.6. The minimum absolute atomic E-state index is 0.160. The van der Waals surface area contributed by atoms with Crippen molar-refractivity contribution in [1.29, 1.82) is 0 Å². The first-order chi connectivity index (χ1) is 20.7. The fraction of sp³-hybridized carbons (Fsp3) is 0.613. The van der Waals surface area contributed by atoms with Gasteiger partial charge in [-0.15, -0.1) is 0 Å². The van der Waals surface area contributed by atoms with E-state index < -0.39 is 45.3 Å². The Labute approximate surface area is 259 Å². The summed E-state index contributed by atoms with van der Waals surface area (Å²) in [4.78, 5) is 55.2. The van der Waals surface area contributed by atoms with Crippen LogP contribution in [0.4, 0.5) is 10.5 Å². The number of carbonyl (C=O) groups is 4. The van der Waals surface area contributed by atoms with Crippen LogP contribution < -0.4 is 19.5 Å². The molecule has 1 saturated heterocycles. The number of nitrogens with zero attached hydrogens (tertiary/aromatic N) is 1. The Morgan fingerprint density at radius 1 is 1.05 bits per heavy atom. The number of amides is 3. The highest BCUT2D eigenvalue weighted by atomic mass is 32.2. The van der Waals surface area contributed by atoms with Crippen LogP contribution in [-0.2, 0) is 29.3 Å². The smallest absolute Gasteiger partial charge is 0.408 e. The summed E-state index contributed by atoms with van der Waals surface area (Å²) < 4.78 is 41.1. The Hall–Kier alpha value is -3.61. The highest BCUT2D eigenvalue weighted by Crippen LogP contribution is 2.57. The zero-order valence-electron chi connectivity index (χ0n) is 25.9. The zero-order chi connectivity index (χ0) is 32.1. The van der Waals surface area contributed by atoms with Gasteiger partial charge in [0.2, 0.25) is 11.8 Å². The Bertz CT molecular complexity index is 1390. The van der Waals surface area contributed by atoms with Crippen molar-refractivity contribution in [2.45, 2.75) is 96.2 Å². The minimum Gasteiger partial charge on any atom is -0.495 e. The number of hydrogen-bond donors (Lipinski definition) is 3. The predicted molar refractivity (Wildman–Crippen MR) is 164 cm³/mol. The summed E-state index contributed by atoms with van der Waals surface area (Å²) in [5.41, 5.74) is -1.83. The average molecular weight is 633 g/mol. The molecule has 242 valence electrons. The molecule has 3 amide bonds. The molecular formula is C31H44N4O8S. The standard InChI is InChI=1S/C31H44N4O8S/c1-30(2,3)43-29(39)32-23-15-9-7-5-6-8-13-21-19-31(21,20-25(36)24-16-12-18-35(24)27(23)37)28(38)34-44(40,41)33-22-14-10-11-17-26(22)42-4/h8,10-11,13-14,17,21,23-24,33H,5-7,9,12,15-16,18-20H2,1-4H3,(H,32,39)(H,34,38)/b13-8-/t21-,23+,24+,31-/m1/s1. The lowest BCUT2D eigenvalue weighted by Gasteiger charge is -2.30. The maximum atomic E-state index is 13.8. The van der Waals surface area contributed by atoms with Crippen LogP contribution in [0, 0.1) is 11.3 Å². The Kier molecular flexibility index (Phi) is 10.3. The highest BCUT2D eigenvalue weighted by Gasteiger charge is 2.61. The van der Waals surface area contributed by atoms with Crippen molar-refractivity contribution in [3.63, 3.8) is 0 Å². The van der Waals surface area contributed by atoms with Crippen LogP contribution in [0.2, 0.25) is 0 Å². The summed E-state index contributed by atoms with van der Waals surface area (Å²) in [7, 11) is -2.95. The molecule has 1 saturated carbocycles. The number of fused-ring (bicyclic) bond motifs is 2. The van der Waals surface area contributed by atoms with Gasteiger partial charge in [-0.3, -0.25) is 19.1 Å². The summed E-state index contributed by atoms with van der Waals surface area (Å²) in [5, 5.41) is 2.72. The molecule has 12 nitrogen and oxygen atoms in total.